The maximum absolute atomic E-state index is 13.4. The van der Waals surface area contributed by atoms with Crippen molar-refractivity contribution in [3.63, 3.8) is 0 Å². The summed E-state index contributed by atoms with van der Waals surface area (Å²) < 4.78 is 1.88. The van der Waals surface area contributed by atoms with Gasteiger partial charge in [0.05, 0.1) is 34.9 Å². The summed E-state index contributed by atoms with van der Waals surface area (Å²) in [5, 5.41) is 5.41. The summed E-state index contributed by atoms with van der Waals surface area (Å²) in [6.07, 6.45) is 2.23. The van der Waals surface area contributed by atoms with Crippen molar-refractivity contribution in [1.29, 1.82) is 0 Å². The number of amides is 1. The smallest absolute Gasteiger partial charge is 0.227 e. The van der Waals surface area contributed by atoms with Gasteiger partial charge in [-0.3, -0.25) is 4.79 Å². The maximum Gasteiger partial charge on any atom is 0.227 e. The summed E-state index contributed by atoms with van der Waals surface area (Å²) in [7, 11) is 0. The van der Waals surface area contributed by atoms with Crippen LogP contribution in [0.2, 0.25) is 5.02 Å². The molecule has 2 aromatic carbocycles. The van der Waals surface area contributed by atoms with E-state index in [1.807, 2.05) is 72.8 Å². The van der Waals surface area contributed by atoms with Gasteiger partial charge in [-0.15, -0.1) is 0 Å². The fraction of sp³-hybridized carbons (Fsp3) is 0.320. The number of aryl methyl sites for hydroxylation is 2. The van der Waals surface area contributed by atoms with E-state index in [2.05, 4.69) is 4.98 Å². The van der Waals surface area contributed by atoms with Crippen molar-refractivity contribution in [3.05, 3.63) is 75.8 Å². The second-order valence-corrected chi connectivity index (χ2v) is 8.96. The first-order chi connectivity index (χ1) is 15.4. The van der Waals surface area contributed by atoms with Crippen LogP contribution in [0.1, 0.15) is 47.2 Å². The molecule has 5 rings (SSSR count). The number of H-pyrrole nitrogens is 1. The zero-order valence-electron chi connectivity index (χ0n) is 18.5. The molecule has 1 fully saturated rings. The maximum atomic E-state index is 13.4. The number of hydrogen-bond donors (Lipinski definition) is 1. The molecule has 1 N–H and O–H groups in total. The van der Waals surface area contributed by atoms with Crippen LogP contribution >= 0.6 is 11.6 Å². The van der Waals surface area contributed by atoms with Gasteiger partial charge in [-0.1, -0.05) is 29.8 Å². The van der Waals surface area contributed by atoms with E-state index in [0.717, 1.165) is 64.4 Å². The van der Waals surface area contributed by atoms with Crippen molar-refractivity contribution in [2.45, 2.75) is 46.1 Å². The van der Waals surface area contributed by atoms with Crippen LogP contribution in [0.25, 0.3) is 16.7 Å². The first-order valence-electron chi connectivity index (χ1n) is 11.0. The zero-order valence-corrected chi connectivity index (χ0v) is 19.3. The molecule has 32 heavy (non-hydrogen) atoms. The van der Waals surface area contributed by atoms with Gasteiger partial charge < -0.3 is 9.88 Å². The van der Waals surface area contributed by atoms with Crippen LogP contribution < -0.4 is 0 Å². The number of carbonyl (C=O) groups excluding carboxylic acids is 1. The van der Waals surface area contributed by atoms with E-state index in [4.69, 9.17) is 21.7 Å². The van der Waals surface area contributed by atoms with E-state index in [-0.39, 0.29) is 11.9 Å². The minimum Gasteiger partial charge on any atom is -0.340 e. The number of aromatic amines is 1. The molecule has 3 heterocycles. The molecule has 2 aromatic heterocycles. The van der Waals surface area contributed by atoms with Gasteiger partial charge in [-0.2, -0.15) is 5.10 Å². The summed E-state index contributed by atoms with van der Waals surface area (Å²) in [6.45, 7) is 6.70. The van der Waals surface area contributed by atoms with Crippen molar-refractivity contribution in [3.8, 4) is 5.69 Å². The van der Waals surface area contributed by atoms with E-state index >= 15 is 0 Å². The topological polar surface area (TPSA) is 66.8 Å². The summed E-state index contributed by atoms with van der Waals surface area (Å²) in [4.78, 5) is 23.5. The monoisotopic (exact) mass is 447 g/mol. The highest BCUT2D eigenvalue weighted by atomic mass is 35.5. The summed E-state index contributed by atoms with van der Waals surface area (Å²) in [5.41, 5.74) is 6.68. The number of halogens is 1. The average Bonchev–Trinajstić information content (AvgIpc) is 3.49. The molecular formula is C25H26ClN5O. The van der Waals surface area contributed by atoms with Crippen molar-refractivity contribution in [2.75, 3.05) is 6.54 Å². The summed E-state index contributed by atoms with van der Waals surface area (Å²) in [5.74, 6) is 0.983. The third kappa shape index (κ3) is 3.58. The molecule has 0 aliphatic carbocycles. The fourth-order valence-electron chi connectivity index (χ4n) is 4.63. The molecule has 7 heteroatoms. The standard InChI is InChI=1S/C25H26ClN5O/c1-15-10-11-18(13-20(15)26)31-17(3)19(16(2)29-31)14-24(32)30-12-6-9-23(30)25-27-21-7-4-5-8-22(21)28-25/h4-5,7-8,10-11,13,23H,6,9,12,14H2,1-3H3,(H,27,28). The fourth-order valence-corrected chi connectivity index (χ4v) is 4.80. The van der Waals surface area contributed by atoms with Crippen LogP contribution in [0.3, 0.4) is 0 Å². The Morgan fingerprint density at radius 1 is 1.19 bits per heavy atom. The van der Waals surface area contributed by atoms with Crippen LogP contribution in [0.4, 0.5) is 0 Å². The predicted molar refractivity (Wildman–Crippen MR) is 126 cm³/mol. The van der Waals surface area contributed by atoms with Gasteiger partial charge in [0.2, 0.25) is 5.91 Å². The Morgan fingerprint density at radius 3 is 2.78 bits per heavy atom. The number of hydrogen-bond acceptors (Lipinski definition) is 3. The van der Waals surface area contributed by atoms with Crippen LogP contribution in [-0.4, -0.2) is 37.1 Å². The first-order valence-corrected chi connectivity index (χ1v) is 11.4. The van der Waals surface area contributed by atoms with Crippen molar-refractivity contribution in [1.82, 2.24) is 24.6 Å². The Balaban J connectivity index is 1.40. The van der Waals surface area contributed by atoms with Gasteiger partial charge in [0.25, 0.3) is 0 Å². The molecule has 164 valence electrons. The molecule has 6 nitrogen and oxygen atoms in total. The number of imidazole rings is 1. The number of para-hydroxylation sites is 2. The lowest BCUT2D eigenvalue weighted by atomic mass is 10.1. The molecule has 1 amide bonds. The molecular weight excluding hydrogens is 422 g/mol. The Kier molecular flexibility index (Phi) is 5.25. The van der Waals surface area contributed by atoms with E-state index in [0.29, 0.717) is 11.4 Å². The lowest BCUT2D eigenvalue weighted by molar-refractivity contribution is -0.131. The summed E-state index contributed by atoms with van der Waals surface area (Å²) in [6, 6.07) is 13.9. The van der Waals surface area contributed by atoms with Crippen molar-refractivity contribution < 1.29 is 4.79 Å². The van der Waals surface area contributed by atoms with E-state index in [9.17, 15) is 4.79 Å². The third-order valence-corrected chi connectivity index (χ3v) is 6.87. The molecule has 0 bridgehead atoms. The number of carbonyl (C=O) groups is 1. The lowest BCUT2D eigenvalue weighted by Crippen LogP contribution is -2.32. The number of rotatable bonds is 4. The highest BCUT2D eigenvalue weighted by Crippen LogP contribution is 2.32. The molecule has 0 saturated carbocycles. The molecule has 4 aromatic rings. The van der Waals surface area contributed by atoms with Crippen LogP contribution in [-0.2, 0) is 11.2 Å². The molecule has 1 saturated heterocycles. The van der Waals surface area contributed by atoms with Crippen LogP contribution in [0.5, 0.6) is 0 Å². The van der Waals surface area contributed by atoms with E-state index in [1.54, 1.807) is 0 Å². The Morgan fingerprint density at radius 2 is 2.00 bits per heavy atom. The lowest BCUT2D eigenvalue weighted by Gasteiger charge is -2.23. The van der Waals surface area contributed by atoms with Crippen LogP contribution in [0.15, 0.2) is 42.5 Å². The highest BCUT2D eigenvalue weighted by molar-refractivity contribution is 6.31. The Hall–Kier alpha value is -3.12. The number of nitrogens with one attached hydrogen (secondary N) is 1. The third-order valence-electron chi connectivity index (χ3n) is 6.47. The normalized spacial score (nSPS) is 16.2. The zero-order chi connectivity index (χ0) is 22.4. The van der Waals surface area contributed by atoms with Gasteiger partial charge in [0, 0.05) is 22.8 Å². The predicted octanol–water partition coefficient (Wildman–Crippen LogP) is 5.23. The number of benzene rings is 2. The molecule has 0 spiro atoms. The highest BCUT2D eigenvalue weighted by Gasteiger charge is 2.33. The second kappa shape index (κ2) is 8.10. The minimum atomic E-state index is -0.0125. The Labute approximate surface area is 192 Å². The first kappa shape index (κ1) is 20.8. The quantitative estimate of drug-likeness (QED) is 0.465. The van der Waals surface area contributed by atoms with E-state index < -0.39 is 0 Å². The average molecular weight is 448 g/mol. The molecule has 1 aliphatic rings. The van der Waals surface area contributed by atoms with Gasteiger partial charge in [0.1, 0.15) is 5.82 Å². The molecule has 0 radical (unpaired) electrons. The summed E-state index contributed by atoms with van der Waals surface area (Å²) >= 11 is 6.33. The molecule has 1 unspecified atom stereocenters. The number of likely N-dealkylation sites (tertiary alicyclic amines) is 1. The minimum absolute atomic E-state index is 0.0125. The Bertz CT molecular complexity index is 1290. The largest absolute Gasteiger partial charge is 0.340 e. The second-order valence-electron chi connectivity index (χ2n) is 8.56. The van der Waals surface area contributed by atoms with Gasteiger partial charge in [0.15, 0.2) is 0 Å². The SMILES string of the molecule is Cc1ccc(-n2nc(C)c(CC(=O)N3CCCC3c3nc4ccccc4[nH]3)c2C)cc1Cl. The van der Waals surface area contributed by atoms with E-state index in [1.165, 1.54) is 0 Å². The van der Waals surface area contributed by atoms with Crippen molar-refractivity contribution >= 4 is 28.5 Å². The van der Waals surface area contributed by atoms with Gasteiger partial charge >= 0.3 is 0 Å². The number of aromatic nitrogens is 4. The number of fused-ring (bicyclic) bond motifs is 1. The van der Waals surface area contributed by atoms with Crippen LogP contribution in [0, 0.1) is 20.8 Å². The van der Waals surface area contributed by atoms with Gasteiger partial charge in [-0.05, 0) is 63.4 Å². The molecule has 1 atom stereocenters. The van der Waals surface area contributed by atoms with Gasteiger partial charge in [-0.25, -0.2) is 9.67 Å². The molecule has 1 aliphatic heterocycles. The van der Waals surface area contributed by atoms with Crippen molar-refractivity contribution in [2.24, 2.45) is 0 Å². The number of nitrogens with zero attached hydrogens (tertiary/aromatic N) is 4.